The van der Waals surface area contributed by atoms with E-state index in [0.717, 1.165) is 23.0 Å². The zero-order valence-electron chi connectivity index (χ0n) is 14.4. The van der Waals surface area contributed by atoms with Gasteiger partial charge in [0, 0.05) is 19.8 Å². The molecule has 2 aromatic rings. The zero-order chi connectivity index (χ0) is 18.7. The van der Waals surface area contributed by atoms with E-state index in [1.807, 2.05) is 55.4 Å². The molecule has 0 aliphatic carbocycles. The summed E-state index contributed by atoms with van der Waals surface area (Å²) in [7, 11) is 3.93. The lowest BCUT2D eigenvalue weighted by molar-refractivity contribution is -0.122. The van der Waals surface area contributed by atoms with Crippen LogP contribution >= 0.6 is 23.4 Å². The third kappa shape index (κ3) is 4.03. The van der Waals surface area contributed by atoms with Gasteiger partial charge in [0.15, 0.2) is 0 Å². The minimum atomic E-state index is -0.309. The highest BCUT2D eigenvalue weighted by atomic mass is 35.5. The maximum absolute atomic E-state index is 12.5. The quantitative estimate of drug-likeness (QED) is 0.765. The second-order valence-electron chi connectivity index (χ2n) is 5.91. The van der Waals surface area contributed by atoms with E-state index in [-0.39, 0.29) is 17.8 Å². The third-order valence-electron chi connectivity index (χ3n) is 3.88. The number of nitrogens with one attached hydrogen (secondary N) is 1. The van der Waals surface area contributed by atoms with Crippen LogP contribution in [0.15, 0.2) is 53.4 Å². The van der Waals surface area contributed by atoms with Crippen molar-refractivity contribution in [1.29, 1.82) is 0 Å². The summed E-state index contributed by atoms with van der Waals surface area (Å²) in [6, 6.07) is 15.0. The average molecular weight is 388 g/mol. The predicted molar refractivity (Wildman–Crippen MR) is 109 cm³/mol. The highest BCUT2D eigenvalue weighted by Crippen LogP contribution is 2.32. The Morgan fingerprint density at radius 2 is 1.81 bits per heavy atom. The molecule has 1 aliphatic rings. The first-order chi connectivity index (χ1) is 12.5. The monoisotopic (exact) mass is 387 g/mol. The van der Waals surface area contributed by atoms with Crippen LogP contribution < -0.4 is 10.2 Å². The summed E-state index contributed by atoms with van der Waals surface area (Å²) in [5.74, 6) is -0.309. The summed E-state index contributed by atoms with van der Waals surface area (Å²) in [5.41, 5.74) is 2.62. The molecule has 2 aromatic carbocycles. The summed E-state index contributed by atoms with van der Waals surface area (Å²) in [4.78, 5) is 28.3. The number of hydrogen-bond acceptors (Lipinski definition) is 5. The van der Waals surface area contributed by atoms with E-state index in [2.05, 4.69) is 5.32 Å². The Balaban J connectivity index is 1.71. The molecular formula is C19H18ClN3O2S. The van der Waals surface area contributed by atoms with Crippen molar-refractivity contribution in [2.75, 3.05) is 31.0 Å². The fraction of sp³-hybridized carbons (Fsp3) is 0.158. The van der Waals surface area contributed by atoms with Gasteiger partial charge in [0.1, 0.15) is 0 Å². The summed E-state index contributed by atoms with van der Waals surface area (Å²) < 4.78 is 0. The molecule has 134 valence electrons. The molecule has 1 saturated heterocycles. The number of carbonyl (C=O) groups excluding carboxylic acids is 2. The molecule has 2 amide bonds. The molecule has 1 N–H and O–H groups in total. The molecule has 1 heterocycles. The van der Waals surface area contributed by atoms with E-state index in [0.29, 0.717) is 15.6 Å². The lowest BCUT2D eigenvalue weighted by Crippen LogP contribution is -2.33. The second kappa shape index (κ2) is 7.85. The molecule has 0 radical (unpaired) electrons. The van der Waals surface area contributed by atoms with E-state index in [1.165, 1.54) is 4.90 Å². The molecule has 0 bridgehead atoms. The number of thioether (sulfide) groups is 1. The van der Waals surface area contributed by atoms with Crippen molar-refractivity contribution < 1.29 is 9.59 Å². The van der Waals surface area contributed by atoms with Crippen LogP contribution in [0, 0.1) is 0 Å². The van der Waals surface area contributed by atoms with Crippen molar-refractivity contribution in [2.45, 2.75) is 0 Å². The Morgan fingerprint density at radius 1 is 1.12 bits per heavy atom. The highest BCUT2D eigenvalue weighted by Gasteiger charge is 2.34. The smallest absolute Gasteiger partial charge is 0.295 e. The van der Waals surface area contributed by atoms with Crippen molar-refractivity contribution in [3.63, 3.8) is 0 Å². The summed E-state index contributed by atoms with van der Waals surface area (Å²) in [6.45, 7) is 0.0747. The van der Waals surface area contributed by atoms with Gasteiger partial charge in [0.2, 0.25) is 0 Å². The fourth-order valence-electron chi connectivity index (χ4n) is 2.43. The van der Waals surface area contributed by atoms with E-state index in [9.17, 15) is 9.59 Å². The number of amides is 2. The minimum Gasteiger partial charge on any atom is -0.378 e. The van der Waals surface area contributed by atoms with Crippen LogP contribution in [-0.4, -0.2) is 36.8 Å². The maximum Gasteiger partial charge on any atom is 0.295 e. The Bertz CT molecular complexity index is 865. The van der Waals surface area contributed by atoms with Gasteiger partial charge in [-0.3, -0.25) is 14.5 Å². The first kappa shape index (κ1) is 18.4. The van der Waals surface area contributed by atoms with Crippen molar-refractivity contribution in [1.82, 2.24) is 4.90 Å². The number of halogens is 1. The van der Waals surface area contributed by atoms with Crippen molar-refractivity contribution in [3.05, 3.63) is 64.0 Å². The normalized spacial score (nSPS) is 15.7. The predicted octanol–water partition coefficient (Wildman–Crippen LogP) is 4.51. The number of hydrogen-bond donors (Lipinski definition) is 1. The van der Waals surface area contributed by atoms with Crippen LogP contribution in [0.3, 0.4) is 0 Å². The van der Waals surface area contributed by atoms with E-state index in [1.54, 1.807) is 18.2 Å². The Hall–Kier alpha value is -2.44. The number of anilines is 2. The van der Waals surface area contributed by atoms with Gasteiger partial charge >= 0.3 is 0 Å². The van der Waals surface area contributed by atoms with Gasteiger partial charge in [-0.15, -0.1) is 0 Å². The van der Waals surface area contributed by atoms with Crippen LogP contribution in [0.1, 0.15) is 5.56 Å². The van der Waals surface area contributed by atoms with Gasteiger partial charge in [0.05, 0.1) is 22.3 Å². The molecule has 26 heavy (non-hydrogen) atoms. The average Bonchev–Trinajstić information content (AvgIpc) is 2.88. The van der Waals surface area contributed by atoms with Crippen molar-refractivity contribution in [3.8, 4) is 0 Å². The molecule has 7 heteroatoms. The van der Waals surface area contributed by atoms with E-state index < -0.39 is 0 Å². The molecule has 1 aliphatic heterocycles. The summed E-state index contributed by atoms with van der Waals surface area (Å²) >= 11 is 7.02. The molecule has 0 unspecified atom stereocenters. The number of imide groups is 1. The van der Waals surface area contributed by atoms with Crippen LogP contribution in [-0.2, 0) is 4.79 Å². The van der Waals surface area contributed by atoms with Crippen LogP contribution in [0.2, 0.25) is 5.02 Å². The standard InChI is InChI=1S/C19H18ClN3O2S/c1-22(2)14-9-7-13(8-10-14)11-17-18(24)23(19(25)26-17)12-21-16-6-4-3-5-15(16)20/h3-11,21H,12H2,1-2H3/b17-11+. The second-order valence-corrected chi connectivity index (χ2v) is 7.31. The summed E-state index contributed by atoms with van der Waals surface area (Å²) in [5, 5.41) is 3.26. The number of carbonyl (C=O) groups is 2. The van der Waals surface area contributed by atoms with Gasteiger partial charge in [-0.25, -0.2) is 0 Å². The van der Waals surface area contributed by atoms with Crippen LogP contribution in [0.25, 0.3) is 6.08 Å². The lowest BCUT2D eigenvalue weighted by Gasteiger charge is -2.15. The molecule has 0 saturated carbocycles. The molecule has 5 nitrogen and oxygen atoms in total. The lowest BCUT2D eigenvalue weighted by atomic mass is 10.2. The number of nitrogens with zero attached hydrogens (tertiary/aromatic N) is 2. The largest absolute Gasteiger partial charge is 0.378 e. The first-order valence-corrected chi connectivity index (χ1v) is 9.16. The van der Waals surface area contributed by atoms with Gasteiger partial charge in [-0.05, 0) is 47.7 Å². The molecule has 0 atom stereocenters. The van der Waals surface area contributed by atoms with Gasteiger partial charge in [-0.2, -0.15) is 0 Å². The Kier molecular flexibility index (Phi) is 5.54. The number of para-hydroxylation sites is 1. The van der Waals surface area contributed by atoms with Crippen molar-refractivity contribution in [2.24, 2.45) is 0 Å². The minimum absolute atomic E-state index is 0.0747. The zero-order valence-corrected chi connectivity index (χ0v) is 16.0. The Labute approximate surface area is 161 Å². The van der Waals surface area contributed by atoms with Crippen molar-refractivity contribution >= 4 is 52.0 Å². The van der Waals surface area contributed by atoms with Crippen LogP contribution in [0.5, 0.6) is 0 Å². The van der Waals surface area contributed by atoms with Gasteiger partial charge < -0.3 is 10.2 Å². The van der Waals surface area contributed by atoms with Crippen LogP contribution in [0.4, 0.5) is 16.2 Å². The van der Waals surface area contributed by atoms with Gasteiger partial charge in [-0.1, -0.05) is 35.9 Å². The first-order valence-electron chi connectivity index (χ1n) is 7.97. The topological polar surface area (TPSA) is 52.7 Å². The molecule has 0 spiro atoms. The SMILES string of the molecule is CN(C)c1ccc(/C=C2/SC(=O)N(CNc3ccccc3Cl)C2=O)cc1. The number of rotatable bonds is 5. The van der Waals surface area contributed by atoms with E-state index >= 15 is 0 Å². The molecular weight excluding hydrogens is 370 g/mol. The fourth-order valence-corrected chi connectivity index (χ4v) is 3.47. The highest BCUT2D eigenvalue weighted by molar-refractivity contribution is 8.18. The van der Waals surface area contributed by atoms with Gasteiger partial charge in [0.25, 0.3) is 11.1 Å². The maximum atomic E-state index is 12.5. The molecule has 0 aromatic heterocycles. The number of benzene rings is 2. The molecule has 1 fully saturated rings. The summed E-state index contributed by atoms with van der Waals surface area (Å²) in [6.07, 6.45) is 1.74. The van der Waals surface area contributed by atoms with E-state index in [4.69, 9.17) is 11.6 Å². The molecule has 3 rings (SSSR count). The Morgan fingerprint density at radius 3 is 2.46 bits per heavy atom. The third-order valence-corrected chi connectivity index (χ3v) is 5.12.